The monoisotopic (exact) mass is 384 g/mol. The fraction of sp³-hybridized carbons (Fsp3) is 0.529. The van der Waals surface area contributed by atoms with Gasteiger partial charge in [-0.3, -0.25) is 19.4 Å². The molecule has 1 atom stereocenters. The summed E-state index contributed by atoms with van der Waals surface area (Å²) in [6, 6.07) is 2.11. The fourth-order valence-corrected chi connectivity index (χ4v) is 3.45. The van der Waals surface area contributed by atoms with Crippen molar-refractivity contribution in [1.82, 2.24) is 19.7 Å². The second-order valence-electron chi connectivity index (χ2n) is 6.51. The van der Waals surface area contributed by atoms with Crippen LogP contribution in [-0.2, 0) is 9.59 Å². The van der Waals surface area contributed by atoms with E-state index in [2.05, 4.69) is 4.98 Å². The molecule has 0 radical (unpaired) electrons. The molecule has 1 aromatic rings. The van der Waals surface area contributed by atoms with Crippen LogP contribution < -0.4 is 0 Å². The van der Waals surface area contributed by atoms with E-state index in [9.17, 15) is 27.6 Å². The molecule has 2 aliphatic heterocycles. The molecule has 2 aliphatic rings. The zero-order valence-corrected chi connectivity index (χ0v) is 14.5. The molecule has 0 aromatic carbocycles. The molecule has 3 rings (SSSR count). The first-order chi connectivity index (χ1) is 12.8. The third kappa shape index (κ3) is 4.04. The lowest BCUT2D eigenvalue weighted by molar-refractivity contribution is -0.187. The maximum Gasteiger partial charge on any atom is 0.471 e. The van der Waals surface area contributed by atoms with E-state index in [0.717, 1.165) is 0 Å². The van der Waals surface area contributed by atoms with Crippen LogP contribution in [0.5, 0.6) is 0 Å². The van der Waals surface area contributed by atoms with Gasteiger partial charge in [0.25, 0.3) is 5.91 Å². The van der Waals surface area contributed by atoms with E-state index in [1.807, 2.05) is 0 Å². The zero-order chi connectivity index (χ0) is 19.6. The third-order valence-corrected chi connectivity index (χ3v) is 4.85. The van der Waals surface area contributed by atoms with E-state index < -0.39 is 24.0 Å². The summed E-state index contributed by atoms with van der Waals surface area (Å²) in [5.41, 5.74) is 0.488. The summed E-state index contributed by atoms with van der Waals surface area (Å²) in [6.07, 6.45) is -1.38. The van der Waals surface area contributed by atoms with Crippen molar-refractivity contribution >= 4 is 17.7 Å². The number of carbonyl (C=O) groups is 3. The number of amides is 3. The average Bonchev–Trinajstić information content (AvgIpc) is 3.16. The number of alkyl halides is 3. The highest BCUT2D eigenvalue weighted by atomic mass is 19.4. The molecule has 0 aliphatic carbocycles. The van der Waals surface area contributed by atoms with Gasteiger partial charge in [0, 0.05) is 50.7 Å². The van der Waals surface area contributed by atoms with Crippen molar-refractivity contribution in [2.24, 2.45) is 0 Å². The Morgan fingerprint density at radius 3 is 2.15 bits per heavy atom. The summed E-state index contributed by atoms with van der Waals surface area (Å²) in [7, 11) is 0. The first-order valence-electron chi connectivity index (χ1n) is 8.65. The summed E-state index contributed by atoms with van der Waals surface area (Å²) in [5, 5.41) is 0. The van der Waals surface area contributed by atoms with Crippen molar-refractivity contribution in [2.45, 2.75) is 25.1 Å². The Morgan fingerprint density at radius 2 is 1.56 bits per heavy atom. The predicted octanol–water partition coefficient (Wildman–Crippen LogP) is 0.919. The third-order valence-electron chi connectivity index (χ3n) is 4.85. The lowest BCUT2D eigenvalue weighted by Crippen LogP contribution is -2.56. The topological polar surface area (TPSA) is 73.8 Å². The normalized spacial score (nSPS) is 20.7. The van der Waals surface area contributed by atoms with Crippen LogP contribution in [0, 0.1) is 0 Å². The van der Waals surface area contributed by atoms with Crippen LogP contribution in [-0.4, -0.2) is 82.3 Å². The molecule has 1 unspecified atom stereocenters. The summed E-state index contributed by atoms with van der Waals surface area (Å²) in [6.45, 7) is 0.940. The van der Waals surface area contributed by atoms with Crippen molar-refractivity contribution in [1.29, 1.82) is 0 Å². The molecule has 7 nitrogen and oxygen atoms in total. The average molecular weight is 384 g/mol. The van der Waals surface area contributed by atoms with Gasteiger partial charge < -0.3 is 14.7 Å². The molecule has 0 N–H and O–H groups in total. The van der Waals surface area contributed by atoms with Crippen LogP contribution >= 0.6 is 0 Å². The van der Waals surface area contributed by atoms with Gasteiger partial charge in [-0.05, 0) is 25.0 Å². The minimum atomic E-state index is -4.99. The minimum Gasteiger partial charge on any atom is -0.337 e. The van der Waals surface area contributed by atoms with Crippen LogP contribution in [0.15, 0.2) is 24.5 Å². The quantitative estimate of drug-likeness (QED) is 0.760. The number of rotatable bonds is 2. The van der Waals surface area contributed by atoms with Crippen molar-refractivity contribution in [3.05, 3.63) is 30.1 Å². The standard InChI is InChI=1S/C17H19F3N4O3/c18-17(19,20)16(27)24-7-1-2-13(24)15(26)23-10-8-22(9-11-23)14(25)12-3-5-21-6-4-12/h3-6,13H,1-2,7-11H2. The highest BCUT2D eigenvalue weighted by molar-refractivity contribution is 5.94. The number of piperazine rings is 1. The maximum atomic E-state index is 12.7. The Kier molecular flexibility index (Phi) is 5.33. The molecule has 146 valence electrons. The van der Waals surface area contributed by atoms with Crippen molar-refractivity contribution in [2.75, 3.05) is 32.7 Å². The highest BCUT2D eigenvalue weighted by Crippen LogP contribution is 2.27. The number of halogens is 3. The molecular formula is C17H19F3N4O3. The number of pyridine rings is 1. The number of aromatic nitrogens is 1. The molecular weight excluding hydrogens is 365 g/mol. The number of hydrogen-bond donors (Lipinski definition) is 0. The van der Waals surface area contributed by atoms with Crippen molar-refractivity contribution < 1.29 is 27.6 Å². The summed E-state index contributed by atoms with van der Waals surface area (Å²) >= 11 is 0. The molecule has 10 heteroatoms. The second kappa shape index (κ2) is 7.53. The Balaban J connectivity index is 1.60. The van der Waals surface area contributed by atoms with Gasteiger partial charge in [0.2, 0.25) is 5.91 Å². The Labute approximate surface area is 153 Å². The molecule has 0 bridgehead atoms. The van der Waals surface area contributed by atoms with Gasteiger partial charge in [0.05, 0.1) is 0 Å². The second-order valence-corrected chi connectivity index (χ2v) is 6.51. The van der Waals surface area contributed by atoms with Crippen LogP contribution in [0.4, 0.5) is 13.2 Å². The van der Waals surface area contributed by atoms with Crippen LogP contribution in [0.25, 0.3) is 0 Å². The van der Waals surface area contributed by atoms with Crippen LogP contribution in [0.2, 0.25) is 0 Å². The molecule has 1 aromatic heterocycles. The molecule has 0 saturated carbocycles. The lowest BCUT2D eigenvalue weighted by atomic mass is 10.1. The van der Waals surface area contributed by atoms with E-state index in [1.54, 1.807) is 17.0 Å². The van der Waals surface area contributed by atoms with Gasteiger partial charge in [0.1, 0.15) is 6.04 Å². The number of hydrogen-bond acceptors (Lipinski definition) is 4. The number of carbonyl (C=O) groups excluding carboxylic acids is 3. The Morgan fingerprint density at radius 1 is 0.963 bits per heavy atom. The summed E-state index contributed by atoms with van der Waals surface area (Å²) < 4.78 is 38.1. The van der Waals surface area contributed by atoms with Gasteiger partial charge in [-0.1, -0.05) is 0 Å². The first kappa shape index (κ1) is 19.1. The first-order valence-corrected chi connectivity index (χ1v) is 8.65. The van der Waals surface area contributed by atoms with Gasteiger partial charge >= 0.3 is 12.1 Å². The van der Waals surface area contributed by atoms with Gasteiger partial charge in [-0.2, -0.15) is 13.2 Å². The molecule has 0 spiro atoms. The van der Waals surface area contributed by atoms with E-state index in [4.69, 9.17) is 0 Å². The van der Waals surface area contributed by atoms with E-state index in [1.165, 1.54) is 17.3 Å². The van der Waals surface area contributed by atoms with E-state index in [-0.39, 0.29) is 45.1 Å². The maximum absolute atomic E-state index is 12.7. The molecule has 3 heterocycles. The SMILES string of the molecule is O=C(c1ccncc1)N1CCN(C(=O)C2CCCN2C(=O)C(F)(F)F)CC1. The van der Waals surface area contributed by atoms with Crippen LogP contribution in [0.1, 0.15) is 23.2 Å². The van der Waals surface area contributed by atoms with Gasteiger partial charge in [0.15, 0.2) is 0 Å². The molecule has 3 amide bonds. The zero-order valence-electron chi connectivity index (χ0n) is 14.5. The number of nitrogens with zero attached hydrogens (tertiary/aromatic N) is 4. The molecule has 2 fully saturated rings. The summed E-state index contributed by atoms with van der Waals surface area (Å²) in [4.78, 5) is 44.1. The minimum absolute atomic E-state index is 0.0742. The Bertz CT molecular complexity index is 718. The lowest BCUT2D eigenvalue weighted by Gasteiger charge is -2.37. The van der Waals surface area contributed by atoms with Crippen molar-refractivity contribution in [3.8, 4) is 0 Å². The molecule has 2 saturated heterocycles. The van der Waals surface area contributed by atoms with Gasteiger partial charge in [-0.15, -0.1) is 0 Å². The summed E-state index contributed by atoms with van der Waals surface area (Å²) in [5.74, 6) is -2.63. The fourth-order valence-electron chi connectivity index (χ4n) is 3.45. The smallest absolute Gasteiger partial charge is 0.337 e. The predicted molar refractivity (Wildman–Crippen MR) is 87.5 cm³/mol. The largest absolute Gasteiger partial charge is 0.471 e. The number of likely N-dealkylation sites (tertiary alicyclic amines) is 1. The molecule has 27 heavy (non-hydrogen) atoms. The van der Waals surface area contributed by atoms with Gasteiger partial charge in [-0.25, -0.2) is 0 Å². The van der Waals surface area contributed by atoms with Crippen molar-refractivity contribution in [3.63, 3.8) is 0 Å². The van der Waals surface area contributed by atoms with E-state index in [0.29, 0.717) is 16.9 Å². The van der Waals surface area contributed by atoms with Crippen LogP contribution in [0.3, 0.4) is 0 Å². The van der Waals surface area contributed by atoms with E-state index >= 15 is 0 Å². The highest BCUT2D eigenvalue weighted by Gasteiger charge is 2.48. The Hall–Kier alpha value is -2.65.